The lowest BCUT2D eigenvalue weighted by atomic mass is 10.1. The third-order valence-corrected chi connectivity index (χ3v) is 3.67. The summed E-state index contributed by atoms with van der Waals surface area (Å²) in [4.78, 5) is 32.3. The monoisotopic (exact) mass is 398 g/mol. The number of benzene rings is 1. The highest BCUT2D eigenvalue weighted by Gasteiger charge is 2.14. The molecule has 28 heavy (non-hydrogen) atoms. The number of hydrogen-bond acceptors (Lipinski definition) is 7. The standard InChI is InChI=1S/C9H11NO2.C5H12N2.C4H7NO4/c10-8(9(11)12)6-7-4-2-1-3-5-7;1-7-4-2-6-3-5-7;5-2(4(8)9)1-3(6)7/h1-5,8H,6,10H2,(H,11,12);6H,2-5H2,1H3;2H,1,5H2,(H,6,7)(H,8,9)/t8-;;2-/m0.0/s1. The minimum Gasteiger partial charge on any atom is -0.481 e. The molecule has 10 nitrogen and oxygen atoms in total. The molecule has 1 aliphatic rings. The van der Waals surface area contributed by atoms with Gasteiger partial charge in [-0.05, 0) is 19.0 Å². The average molecular weight is 398 g/mol. The number of nitrogens with two attached hydrogens (primary N) is 2. The molecule has 0 saturated carbocycles. The number of likely N-dealkylation sites (N-methyl/N-ethyl adjacent to an activating group) is 1. The summed E-state index contributed by atoms with van der Waals surface area (Å²) in [5.74, 6) is -3.46. The first kappa shape index (κ1) is 25.5. The van der Waals surface area contributed by atoms with Crippen molar-refractivity contribution in [2.75, 3.05) is 33.2 Å². The number of carbonyl (C=O) groups is 3. The topological polar surface area (TPSA) is 179 Å². The zero-order valence-electron chi connectivity index (χ0n) is 16.0. The normalized spacial score (nSPS) is 15.7. The van der Waals surface area contributed by atoms with Crippen LogP contribution in [-0.4, -0.2) is 83.4 Å². The van der Waals surface area contributed by atoms with E-state index in [0.29, 0.717) is 6.42 Å². The van der Waals surface area contributed by atoms with E-state index in [4.69, 9.17) is 26.8 Å². The van der Waals surface area contributed by atoms with Gasteiger partial charge in [-0.2, -0.15) is 0 Å². The summed E-state index contributed by atoms with van der Waals surface area (Å²) >= 11 is 0. The third kappa shape index (κ3) is 13.6. The number of nitrogens with zero attached hydrogens (tertiary/aromatic N) is 1. The Bertz CT molecular complexity index is 593. The van der Waals surface area contributed by atoms with E-state index < -0.39 is 36.4 Å². The fourth-order valence-corrected chi connectivity index (χ4v) is 2.01. The molecule has 0 unspecified atom stereocenters. The van der Waals surface area contributed by atoms with Gasteiger partial charge in [0, 0.05) is 26.2 Å². The van der Waals surface area contributed by atoms with Gasteiger partial charge in [-0.15, -0.1) is 0 Å². The number of aliphatic carboxylic acids is 3. The summed E-state index contributed by atoms with van der Waals surface area (Å²) in [5, 5.41) is 27.8. The van der Waals surface area contributed by atoms with E-state index in [-0.39, 0.29) is 0 Å². The summed E-state index contributed by atoms with van der Waals surface area (Å²) in [5.41, 5.74) is 11.1. The summed E-state index contributed by atoms with van der Waals surface area (Å²) < 4.78 is 0. The Kier molecular flexibility index (Phi) is 13.2. The van der Waals surface area contributed by atoms with Crippen molar-refractivity contribution in [3.8, 4) is 0 Å². The van der Waals surface area contributed by atoms with Crippen LogP contribution < -0.4 is 16.8 Å². The van der Waals surface area contributed by atoms with E-state index in [2.05, 4.69) is 17.3 Å². The summed E-state index contributed by atoms with van der Waals surface area (Å²) in [7, 11) is 2.15. The molecule has 1 aliphatic heterocycles. The van der Waals surface area contributed by atoms with Crippen molar-refractivity contribution >= 4 is 17.9 Å². The van der Waals surface area contributed by atoms with Crippen LogP contribution in [0.25, 0.3) is 0 Å². The van der Waals surface area contributed by atoms with Gasteiger partial charge in [-0.25, -0.2) is 0 Å². The first-order valence-corrected chi connectivity index (χ1v) is 8.75. The quantitative estimate of drug-likeness (QED) is 0.349. The average Bonchev–Trinajstić information content (AvgIpc) is 2.63. The van der Waals surface area contributed by atoms with Gasteiger partial charge in [0.25, 0.3) is 0 Å². The van der Waals surface area contributed by atoms with E-state index in [9.17, 15) is 14.4 Å². The molecule has 10 heteroatoms. The molecular weight excluding hydrogens is 368 g/mol. The Morgan fingerprint density at radius 2 is 1.50 bits per heavy atom. The Balaban J connectivity index is 0.000000406. The van der Waals surface area contributed by atoms with Crippen LogP contribution in [0.5, 0.6) is 0 Å². The lowest BCUT2D eigenvalue weighted by Crippen LogP contribution is -2.40. The van der Waals surface area contributed by atoms with Gasteiger partial charge in [0.15, 0.2) is 0 Å². The summed E-state index contributed by atoms with van der Waals surface area (Å²) in [6.07, 6.45) is -0.147. The predicted molar refractivity (Wildman–Crippen MR) is 104 cm³/mol. The molecule has 1 saturated heterocycles. The van der Waals surface area contributed by atoms with Gasteiger partial charge < -0.3 is 37.0 Å². The molecule has 158 valence electrons. The summed E-state index contributed by atoms with van der Waals surface area (Å²) in [6.45, 7) is 4.74. The molecule has 1 fully saturated rings. The first-order valence-electron chi connectivity index (χ1n) is 8.75. The fourth-order valence-electron chi connectivity index (χ4n) is 2.01. The molecule has 8 N–H and O–H groups in total. The Labute approximate surface area is 164 Å². The van der Waals surface area contributed by atoms with Crippen LogP contribution in [0.3, 0.4) is 0 Å². The van der Waals surface area contributed by atoms with Crippen molar-refractivity contribution in [1.29, 1.82) is 0 Å². The molecule has 1 aromatic rings. The second-order valence-electron chi connectivity index (χ2n) is 6.23. The number of nitrogens with one attached hydrogen (secondary N) is 1. The minimum atomic E-state index is -1.29. The van der Waals surface area contributed by atoms with Gasteiger partial charge in [-0.1, -0.05) is 30.3 Å². The van der Waals surface area contributed by atoms with Crippen molar-refractivity contribution < 1.29 is 29.7 Å². The zero-order valence-corrected chi connectivity index (χ0v) is 16.0. The van der Waals surface area contributed by atoms with Crippen LogP contribution in [0.1, 0.15) is 12.0 Å². The predicted octanol–water partition coefficient (Wildman–Crippen LogP) is -0.965. The molecule has 0 aliphatic carbocycles. The van der Waals surface area contributed by atoms with Gasteiger partial charge in [0.05, 0.1) is 6.42 Å². The molecule has 0 aromatic heterocycles. The highest BCUT2D eigenvalue weighted by atomic mass is 16.4. The van der Waals surface area contributed by atoms with Gasteiger partial charge in [0.2, 0.25) is 0 Å². The van der Waals surface area contributed by atoms with Gasteiger partial charge in [0.1, 0.15) is 12.1 Å². The first-order chi connectivity index (χ1) is 13.1. The van der Waals surface area contributed by atoms with E-state index >= 15 is 0 Å². The van der Waals surface area contributed by atoms with Crippen LogP contribution in [0.15, 0.2) is 30.3 Å². The van der Waals surface area contributed by atoms with E-state index in [1.165, 1.54) is 13.1 Å². The molecular formula is C18H30N4O6. The molecule has 1 aromatic carbocycles. The maximum atomic E-state index is 10.4. The van der Waals surface area contributed by atoms with Crippen molar-refractivity contribution in [3.63, 3.8) is 0 Å². The van der Waals surface area contributed by atoms with Crippen molar-refractivity contribution in [1.82, 2.24) is 10.2 Å². The van der Waals surface area contributed by atoms with Crippen molar-refractivity contribution in [3.05, 3.63) is 35.9 Å². The van der Waals surface area contributed by atoms with E-state index in [0.717, 1.165) is 18.7 Å². The second-order valence-corrected chi connectivity index (χ2v) is 6.23. The van der Waals surface area contributed by atoms with Gasteiger partial charge >= 0.3 is 17.9 Å². The highest BCUT2D eigenvalue weighted by Crippen LogP contribution is 2.01. The minimum absolute atomic E-state index is 0.385. The number of carboxylic acids is 3. The van der Waals surface area contributed by atoms with Crippen molar-refractivity contribution in [2.24, 2.45) is 11.5 Å². The van der Waals surface area contributed by atoms with Crippen LogP contribution in [0, 0.1) is 0 Å². The van der Waals surface area contributed by atoms with Crippen LogP contribution in [-0.2, 0) is 20.8 Å². The largest absolute Gasteiger partial charge is 0.481 e. The maximum absolute atomic E-state index is 10.4. The van der Waals surface area contributed by atoms with Crippen LogP contribution in [0.2, 0.25) is 0 Å². The number of carboxylic acid groups (broad SMARTS) is 3. The number of rotatable bonds is 6. The lowest BCUT2D eigenvalue weighted by Gasteiger charge is -2.21. The molecule has 0 radical (unpaired) electrons. The molecule has 0 spiro atoms. The molecule has 1 heterocycles. The molecule has 2 atom stereocenters. The SMILES string of the molecule is CN1CCNCC1.N[C@@H](CC(=O)O)C(=O)O.N[C@@H](Cc1ccccc1)C(=O)O. The lowest BCUT2D eigenvalue weighted by molar-refractivity contribution is -0.144. The molecule has 0 bridgehead atoms. The number of piperazine rings is 1. The van der Waals surface area contributed by atoms with Crippen LogP contribution >= 0.6 is 0 Å². The van der Waals surface area contributed by atoms with Gasteiger partial charge in [-0.3, -0.25) is 14.4 Å². The Morgan fingerprint density at radius 1 is 1.00 bits per heavy atom. The molecule has 2 rings (SSSR count). The maximum Gasteiger partial charge on any atom is 0.321 e. The third-order valence-electron chi connectivity index (χ3n) is 3.67. The van der Waals surface area contributed by atoms with E-state index in [1.807, 2.05) is 30.3 Å². The van der Waals surface area contributed by atoms with Crippen molar-refractivity contribution in [2.45, 2.75) is 24.9 Å². The number of hydrogen-bond donors (Lipinski definition) is 6. The Hall–Kier alpha value is -2.53. The Morgan fingerprint density at radius 3 is 1.82 bits per heavy atom. The second kappa shape index (κ2) is 14.5. The smallest absolute Gasteiger partial charge is 0.321 e. The van der Waals surface area contributed by atoms with Crippen LogP contribution in [0.4, 0.5) is 0 Å². The molecule has 0 amide bonds. The fraction of sp³-hybridized carbons (Fsp3) is 0.500. The zero-order chi connectivity index (χ0) is 21.5. The van der Waals surface area contributed by atoms with E-state index in [1.54, 1.807) is 0 Å². The highest BCUT2D eigenvalue weighted by molar-refractivity contribution is 5.80. The summed E-state index contributed by atoms with van der Waals surface area (Å²) in [6, 6.07) is 7.25.